The zero-order valence-corrected chi connectivity index (χ0v) is 14.1. The van der Waals surface area contributed by atoms with Gasteiger partial charge in [0.25, 0.3) is 0 Å². The van der Waals surface area contributed by atoms with Crippen LogP contribution in [-0.2, 0) is 9.47 Å². The molecule has 0 radical (unpaired) electrons. The number of rotatable bonds is 5. The molecule has 1 aromatic carbocycles. The van der Waals surface area contributed by atoms with E-state index in [0.29, 0.717) is 0 Å². The van der Waals surface area contributed by atoms with E-state index in [1.165, 1.54) is 18.2 Å². The van der Waals surface area contributed by atoms with Gasteiger partial charge in [-0.05, 0) is 38.5 Å². The second-order valence-electron chi connectivity index (χ2n) is 6.16. The summed E-state index contributed by atoms with van der Waals surface area (Å²) in [6.45, 7) is 4.83. The average molecular weight is 341 g/mol. The zero-order chi connectivity index (χ0) is 18.5. The monoisotopic (exact) mass is 341 g/mol. The Morgan fingerprint density at radius 3 is 2.42 bits per heavy atom. The van der Waals surface area contributed by atoms with Crippen LogP contribution in [0, 0.1) is 0 Å². The lowest BCUT2D eigenvalue weighted by Crippen LogP contribution is -2.38. The van der Waals surface area contributed by atoms with E-state index in [9.17, 15) is 24.9 Å². The summed E-state index contributed by atoms with van der Waals surface area (Å²) in [4.78, 5) is 23.1. The first kappa shape index (κ1) is 19.7. The summed E-state index contributed by atoms with van der Waals surface area (Å²) in [5.74, 6) is -1.08. The molecule has 0 spiro atoms. The van der Waals surface area contributed by atoms with Gasteiger partial charge in [0.1, 0.15) is 29.1 Å². The summed E-state index contributed by atoms with van der Waals surface area (Å²) in [5, 5.41) is 32.1. The number of nitrogens with one attached hydrogen (secondary N) is 1. The topological polar surface area (TPSA) is 125 Å². The summed E-state index contributed by atoms with van der Waals surface area (Å²) < 4.78 is 9.54. The van der Waals surface area contributed by atoms with Gasteiger partial charge in [0, 0.05) is 6.54 Å². The molecule has 0 aliphatic rings. The zero-order valence-electron chi connectivity index (χ0n) is 14.1. The van der Waals surface area contributed by atoms with Gasteiger partial charge >= 0.3 is 12.1 Å². The largest absolute Gasteiger partial charge is 0.507 e. The van der Waals surface area contributed by atoms with Crippen molar-refractivity contribution in [3.8, 4) is 5.75 Å². The van der Waals surface area contributed by atoms with Gasteiger partial charge in [-0.3, -0.25) is 0 Å². The SMILES string of the molecule is COC(=O)c1cc(C(O)C(O)CNC(=O)OC(C)(C)C)ccc1O. The van der Waals surface area contributed by atoms with Crippen LogP contribution in [-0.4, -0.2) is 52.7 Å². The Kier molecular flexibility index (Phi) is 6.56. The Labute approximate surface area is 140 Å². The standard InChI is InChI=1S/C16H23NO7/c1-16(2,3)24-15(22)17-8-12(19)13(20)9-5-6-11(18)10(7-9)14(21)23-4/h5-7,12-13,18-20H,8H2,1-4H3,(H,17,22). The van der Waals surface area contributed by atoms with Gasteiger partial charge in [0.15, 0.2) is 0 Å². The Balaban J connectivity index is 2.74. The van der Waals surface area contributed by atoms with Crippen molar-refractivity contribution >= 4 is 12.1 Å². The van der Waals surface area contributed by atoms with E-state index < -0.39 is 29.9 Å². The van der Waals surface area contributed by atoms with E-state index in [4.69, 9.17) is 4.74 Å². The average Bonchev–Trinajstić information content (AvgIpc) is 2.50. The van der Waals surface area contributed by atoms with Crippen LogP contribution in [0.2, 0.25) is 0 Å². The third kappa shape index (κ3) is 5.71. The van der Waals surface area contributed by atoms with Crippen LogP contribution in [0.5, 0.6) is 5.75 Å². The number of phenolic OH excluding ortho intramolecular Hbond substituents is 1. The summed E-state index contributed by atoms with van der Waals surface area (Å²) in [7, 11) is 1.16. The maximum absolute atomic E-state index is 11.5. The van der Waals surface area contributed by atoms with Crippen LogP contribution >= 0.6 is 0 Å². The van der Waals surface area contributed by atoms with E-state index in [1.54, 1.807) is 20.8 Å². The predicted molar refractivity (Wildman–Crippen MR) is 84.6 cm³/mol. The maximum Gasteiger partial charge on any atom is 0.407 e. The van der Waals surface area contributed by atoms with Gasteiger partial charge in [0.05, 0.1) is 7.11 Å². The number of hydrogen-bond acceptors (Lipinski definition) is 7. The summed E-state index contributed by atoms with van der Waals surface area (Å²) in [6.07, 6.45) is -3.45. The Hall–Kier alpha value is -2.32. The van der Waals surface area contributed by atoms with Crippen LogP contribution in [0.4, 0.5) is 4.79 Å². The van der Waals surface area contributed by atoms with Crippen LogP contribution in [0.15, 0.2) is 18.2 Å². The molecule has 0 aromatic heterocycles. The molecule has 8 nitrogen and oxygen atoms in total. The first-order valence-electron chi connectivity index (χ1n) is 7.29. The lowest BCUT2D eigenvalue weighted by Gasteiger charge is -2.22. The number of aliphatic hydroxyl groups excluding tert-OH is 2. The fourth-order valence-corrected chi connectivity index (χ4v) is 1.85. The molecule has 24 heavy (non-hydrogen) atoms. The number of aliphatic hydroxyl groups is 2. The number of ether oxygens (including phenoxy) is 2. The minimum absolute atomic E-state index is 0.138. The third-order valence-electron chi connectivity index (χ3n) is 2.99. The molecule has 0 aliphatic carbocycles. The highest BCUT2D eigenvalue weighted by Gasteiger charge is 2.23. The van der Waals surface area contributed by atoms with Crippen molar-refractivity contribution in [1.82, 2.24) is 5.32 Å². The molecule has 0 saturated carbocycles. The van der Waals surface area contributed by atoms with Crippen molar-refractivity contribution in [1.29, 1.82) is 0 Å². The van der Waals surface area contributed by atoms with E-state index >= 15 is 0 Å². The molecule has 4 N–H and O–H groups in total. The highest BCUT2D eigenvalue weighted by Crippen LogP contribution is 2.24. The molecule has 0 saturated heterocycles. The van der Waals surface area contributed by atoms with Gasteiger partial charge < -0.3 is 30.1 Å². The maximum atomic E-state index is 11.5. The molecule has 2 unspecified atom stereocenters. The number of esters is 1. The van der Waals surface area contributed by atoms with Gasteiger partial charge in [-0.1, -0.05) is 6.07 Å². The molecule has 8 heteroatoms. The van der Waals surface area contributed by atoms with Gasteiger partial charge in [-0.25, -0.2) is 9.59 Å². The minimum atomic E-state index is -1.39. The van der Waals surface area contributed by atoms with Crippen molar-refractivity contribution in [2.75, 3.05) is 13.7 Å². The molecule has 2 atom stereocenters. The molecule has 0 heterocycles. The molecule has 0 bridgehead atoms. The van der Waals surface area contributed by atoms with Gasteiger partial charge in [-0.2, -0.15) is 0 Å². The lowest BCUT2D eigenvalue weighted by atomic mass is 10.0. The number of benzene rings is 1. The summed E-state index contributed by atoms with van der Waals surface area (Å²) in [5.41, 5.74) is -0.631. The Bertz CT molecular complexity index is 595. The molecular formula is C16H23NO7. The van der Waals surface area contributed by atoms with Crippen LogP contribution in [0.3, 0.4) is 0 Å². The number of amides is 1. The molecule has 134 valence electrons. The Morgan fingerprint density at radius 2 is 1.88 bits per heavy atom. The molecular weight excluding hydrogens is 318 g/mol. The number of carbonyl (C=O) groups excluding carboxylic acids is 2. The van der Waals surface area contributed by atoms with E-state index in [0.717, 1.165) is 7.11 Å². The first-order valence-corrected chi connectivity index (χ1v) is 7.29. The molecule has 1 amide bonds. The van der Waals surface area contributed by atoms with Crippen molar-refractivity contribution in [2.45, 2.75) is 38.6 Å². The van der Waals surface area contributed by atoms with Crippen molar-refractivity contribution in [3.63, 3.8) is 0 Å². The molecule has 0 aliphatic heterocycles. The first-order chi connectivity index (χ1) is 11.0. The van der Waals surface area contributed by atoms with E-state index in [2.05, 4.69) is 10.1 Å². The molecule has 1 rings (SSSR count). The third-order valence-corrected chi connectivity index (χ3v) is 2.99. The van der Waals surface area contributed by atoms with Crippen molar-refractivity contribution < 1.29 is 34.4 Å². The minimum Gasteiger partial charge on any atom is -0.507 e. The van der Waals surface area contributed by atoms with E-state index in [-0.39, 0.29) is 23.4 Å². The fourth-order valence-electron chi connectivity index (χ4n) is 1.85. The second kappa shape index (κ2) is 7.98. The number of alkyl carbamates (subject to hydrolysis) is 1. The highest BCUT2D eigenvalue weighted by molar-refractivity contribution is 5.92. The normalized spacial score (nSPS) is 13.8. The fraction of sp³-hybridized carbons (Fsp3) is 0.500. The van der Waals surface area contributed by atoms with Crippen LogP contribution in [0.25, 0.3) is 0 Å². The van der Waals surface area contributed by atoms with Crippen molar-refractivity contribution in [3.05, 3.63) is 29.3 Å². The summed E-state index contributed by atoms with van der Waals surface area (Å²) >= 11 is 0. The van der Waals surface area contributed by atoms with Gasteiger partial charge in [0.2, 0.25) is 0 Å². The van der Waals surface area contributed by atoms with Gasteiger partial charge in [-0.15, -0.1) is 0 Å². The second-order valence-corrected chi connectivity index (χ2v) is 6.16. The smallest absolute Gasteiger partial charge is 0.407 e. The quantitative estimate of drug-likeness (QED) is 0.591. The number of aromatic hydroxyl groups is 1. The lowest BCUT2D eigenvalue weighted by molar-refractivity contribution is 0.0129. The number of phenols is 1. The summed E-state index contributed by atoms with van der Waals surface area (Å²) in [6, 6.07) is 3.77. The van der Waals surface area contributed by atoms with Crippen LogP contribution in [0.1, 0.15) is 42.8 Å². The number of carbonyl (C=O) groups is 2. The highest BCUT2D eigenvalue weighted by atomic mass is 16.6. The van der Waals surface area contributed by atoms with E-state index in [1.807, 2.05) is 0 Å². The molecule has 1 aromatic rings. The number of methoxy groups -OCH3 is 1. The molecule has 0 fully saturated rings. The number of hydrogen-bond donors (Lipinski definition) is 4. The van der Waals surface area contributed by atoms with Crippen molar-refractivity contribution in [2.24, 2.45) is 0 Å². The van der Waals surface area contributed by atoms with Crippen LogP contribution < -0.4 is 5.32 Å². The Morgan fingerprint density at radius 1 is 1.25 bits per heavy atom. The predicted octanol–water partition coefficient (Wildman–Crippen LogP) is 1.10.